The second kappa shape index (κ2) is 6.89. The molecule has 0 radical (unpaired) electrons. The third kappa shape index (κ3) is 3.78. The van der Waals surface area contributed by atoms with E-state index in [1.807, 2.05) is 6.92 Å². The Kier molecular flexibility index (Phi) is 5.81. The van der Waals surface area contributed by atoms with Crippen molar-refractivity contribution in [2.75, 3.05) is 19.7 Å². The summed E-state index contributed by atoms with van der Waals surface area (Å²) in [5, 5.41) is 0. The maximum absolute atomic E-state index is 11.8. The molecule has 2 atom stereocenters. The fraction of sp³-hybridized carbons (Fsp3) is 0.923. The Morgan fingerprint density at radius 1 is 1.38 bits per heavy atom. The summed E-state index contributed by atoms with van der Waals surface area (Å²) in [7, 11) is 0. The largest absolute Gasteiger partial charge is 0.465 e. The molecule has 0 N–H and O–H groups in total. The third-order valence-electron chi connectivity index (χ3n) is 3.44. The topological polar surface area (TPSA) is 29.5 Å². The Labute approximate surface area is 99.1 Å². The highest BCUT2D eigenvalue weighted by Crippen LogP contribution is 2.19. The zero-order valence-electron chi connectivity index (χ0n) is 10.9. The molecule has 1 fully saturated rings. The Morgan fingerprint density at radius 3 is 2.75 bits per heavy atom. The fourth-order valence-electron chi connectivity index (χ4n) is 2.41. The van der Waals surface area contributed by atoms with Gasteiger partial charge in [0.2, 0.25) is 0 Å². The lowest BCUT2D eigenvalue weighted by atomic mass is 10.0. The first-order valence-electron chi connectivity index (χ1n) is 6.59. The Morgan fingerprint density at radius 2 is 2.12 bits per heavy atom. The van der Waals surface area contributed by atoms with Gasteiger partial charge in [0.15, 0.2) is 0 Å². The van der Waals surface area contributed by atoms with Crippen LogP contribution in [0.15, 0.2) is 0 Å². The molecule has 0 aromatic heterocycles. The van der Waals surface area contributed by atoms with Crippen LogP contribution in [0.2, 0.25) is 0 Å². The number of carbonyl (C=O) groups excluding carboxylic acids is 1. The number of rotatable bonds is 4. The lowest BCUT2D eigenvalue weighted by molar-refractivity contribution is -0.149. The van der Waals surface area contributed by atoms with Gasteiger partial charge in [0.05, 0.1) is 6.61 Å². The SMILES string of the molecule is CCOC(=O)C(CC)N1CCCC(C)CC1. The number of nitrogens with zero attached hydrogens (tertiary/aromatic N) is 1. The first-order chi connectivity index (χ1) is 7.69. The van der Waals surface area contributed by atoms with Gasteiger partial charge < -0.3 is 4.74 Å². The molecule has 1 aliphatic heterocycles. The quantitative estimate of drug-likeness (QED) is 0.691. The van der Waals surface area contributed by atoms with Gasteiger partial charge in [0, 0.05) is 0 Å². The summed E-state index contributed by atoms with van der Waals surface area (Å²) < 4.78 is 5.14. The highest BCUT2D eigenvalue weighted by atomic mass is 16.5. The highest BCUT2D eigenvalue weighted by Gasteiger charge is 2.26. The van der Waals surface area contributed by atoms with Crippen molar-refractivity contribution in [3.8, 4) is 0 Å². The summed E-state index contributed by atoms with van der Waals surface area (Å²) >= 11 is 0. The van der Waals surface area contributed by atoms with E-state index in [1.165, 1.54) is 19.3 Å². The summed E-state index contributed by atoms with van der Waals surface area (Å²) in [4.78, 5) is 14.1. The van der Waals surface area contributed by atoms with E-state index in [1.54, 1.807) is 0 Å². The molecule has 0 bridgehead atoms. The first kappa shape index (κ1) is 13.5. The Bertz CT molecular complexity index is 218. The molecular formula is C13H25NO2. The minimum absolute atomic E-state index is 0.0229. The predicted molar refractivity (Wildman–Crippen MR) is 65.3 cm³/mol. The number of hydrogen-bond donors (Lipinski definition) is 0. The van der Waals surface area contributed by atoms with Crippen molar-refractivity contribution in [1.29, 1.82) is 0 Å². The molecule has 16 heavy (non-hydrogen) atoms. The zero-order valence-corrected chi connectivity index (χ0v) is 10.9. The summed E-state index contributed by atoms with van der Waals surface area (Å²) in [5.74, 6) is 0.754. The number of esters is 1. The van der Waals surface area contributed by atoms with Gasteiger partial charge in [-0.25, -0.2) is 0 Å². The van der Waals surface area contributed by atoms with E-state index in [4.69, 9.17) is 4.74 Å². The lowest BCUT2D eigenvalue weighted by Gasteiger charge is -2.27. The molecule has 3 heteroatoms. The van der Waals surface area contributed by atoms with E-state index in [0.717, 1.165) is 25.4 Å². The highest BCUT2D eigenvalue weighted by molar-refractivity contribution is 5.75. The van der Waals surface area contributed by atoms with Gasteiger partial charge in [-0.2, -0.15) is 0 Å². The molecule has 1 saturated heterocycles. The van der Waals surface area contributed by atoms with E-state index in [2.05, 4.69) is 18.7 Å². The molecule has 1 aliphatic rings. The van der Waals surface area contributed by atoms with Gasteiger partial charge >= 0.3 is 5.97 Å². The molecule has 3 nitrogen and oxygen atoms in total. The van der Waals surface area contributed by atoms with Gasteiger partial charge in [0.25, 0.3) is 0 Å². The average Bonchev–Trinajstić information content (AvgIpc) is 2.46. The van der Waals surface area contributed by atoms with Gasteiger partial charge in [-0.1, -0.05) is 13.8 Å². The van der Waals surface area contributed by atoms with Gasteiger partial charge in [-0.05, 0) is 51.6 Å². The summed E-state index contributed by atoms with van der Waals surface area (Å²) in [6.07, 6.45) is 4.55. The van der Waals surface area contributed by atoms with Crippen LogP contribution in [-0.4, -0.2) is 36.6 Å². The minimum Gasteiger partial charge on any atom is -0.465 e. The Hall–Kier alpha value is -0.570. The summed E-state index contributed by atoms with van der Waals surface area (Å²) in [6, 6.07) is -0.0229. The second-order valence-corrected chi connectivity index (χ2v) is 4.75. The molecule has 1 rings (SSSR count). The molecule has 0 spiro atoms. The molecular weight excluding hydrogens is 202 g/mol. The normalized spacial score (nSPS) is 24.8. The number of likely N-dealkylation sites (tertiary alicyclic amines) is 1. The van der Waals surface area contributed by atoms with Crippen LogP contribution < -0.4 is 0 Å². The third-order valence-corrected chi connectivity index (χ3v) is 3.44. The van der Waals surface area contributed by atoms with Crippen molar-refractivity contribution in [3.05, 3.63) is 0 Å². The molecule has 0 amide bonds. The summed E-state index contributed by atoms with van der Waals surface area (Å²) in [5.41, 5.74) is 0. The molecule has 94 valence electrons. The van der Waals surface area contributed by atoms with Gasteiger partial charge in [-0.3, -0.25) is 9.69 Å². The van der Waals surface area contributed by atoms with Crippen LogP contribution in [0.3, 0.4) is 0 Å². The molecule has 0 aliphatic carbocycles. The van der Waals surface area contributed by atoms with E-state index in [0.29, 0.717) is 6.61 Å². The summed E-state index contributed by atoms with van der Waals surface area (Å²) in [6.45, 7) is 8.81. The maximum Gasteiger partial charge on any atom is 0.323 e. The fourth-order valence-corrected chi connectivity index (χ4v) is 2.41. The first-order valence-corrected chi connectivity index (χ1v) is 6.59. The van der Waals surface area contributed by atoms with Crippen LogP contribution in [0, 0.1) is 5.92 Å². The van der Waals surface area contributed by atoms with Crippen LogP contribution in [0.25, 0.3) is 0 Å². The van der Waals surface area contributed by atoms with Crippen molar-refractivity contribution in [3.63, 3.8) is 0 Å². The van der Waals surface area contributed by atoms with E-state index in [-0.39, 0.29) is 12.0 Å². The monoisotopic (exact) mass is 227 g/mol. The van der Waals surface area contributed by atoms with Gasteiger partial charge in [-0.15, -0.1) is 0 Å². The predicted octanol–water partition coefficient (Wildman–Crippen LogP) is 2.45. The van der Waals surface area contributed by atoms with E-state index < -0.39 is 0 Å². The van der Waals surface area contributed by atoms with Crippen LogP contribution in [0.5, 0.6) is 0 Å². The smallest absolute Gasteiger partial charge is 0.323 e. The number of ether oxygens (including phenoxy) is 1. The van der Waals surface area contributed by atoms with Gasteiger partial charge in [0.1, 0.15) is 6.04 Å². The molecule has 2 unspecified atom stereocenters. The number of hydrogen-bond acceptors (Lipinski definition) is 3. The van der Waals surface area contributed by atoms with Crippen molar-refractivity contribution in [2.24, 2.45) is 5.92 Å². The van der Waals surface area contributed by atoms with Crippen LogP contribution in [-0.2, 0) is 9.53 Å². The zero-order chi connectivity index (χ0) is 12.0. The maximum atomic E-state index is 11.8. The minimum atomic E-state index is -0.0421. The van der Waals surface area contributed by atoms with Crippen molar-refractivity contribution in [1.82, 2.24) is 4.90 Å². The second-order valence-electron chi connectivity index (χ2n) is 4.75. The average molecular weight is 227 g/mol. The molecule has 0 aromatic carbocycles. The van der Waals surface area contributed by atoms with Crippen molar-refractivity contribution < 1.29 is 9.53 Å². The standard InChI is InChI=1S/C13H25NO2/c1-4-12(13(15)16-5-2)14-9-6-7-11(3)8-10-14/h11-12H,4-10H2,1-3H3. The van der Waals surface area contributed by atoms with Crippen molar-refractivity contribution in [2.45, 2.75) is 52.5 Å². The van der Waals surface area contributed by atoms with Crippen LogP contribution in [0.4, 0.5) is 0 Å². The van der Waals surface area contributed by atoms with Crippen LogP contribution >= 0.6 is 0 Å². The van der Waals surface area contributed by atoms with Crippen LogP contribution in [0.1, 0.15) is 46.5 Å². The lowest BCUT2D eigenvalue weighted by Crippen LogP contribution is -2.42. The van der Waals surface area contributed by atoms with E-state index >= 15 is 0 Å². The number of carbonyl (C=O) groups is 1. The van der Waals surface area contributed by atoms with E-state index in [9.17, 15) is 4.79 Å². The molecule has 1 heterocycles. The van der Waals surface area contributed by atoms with Crippen molar-refractivity contribution >= 4 is 5.97 Å². The Balaban J connectivity index is 2.54. The molecule has 0 saturated carbocycles. The molecule has 0 aromatic rings.